The van der Waals surface area contributed by atoms with Crippen molar-refractivity contribution in [3.8, 4) is 0 Å². The molecule has 1 aliphatic rings. The number of aryl methyl sites for hydroxylation is 2. The Kier molecular flexibility index (Phi) is 10.4. The summed E-state index contributed by atoms with van der Waals surface area (Å²) in [7, 11) is 1.25. The van der Waals surface area contributed by atoms with Gasteiger partial charge in [-0.15, -0.1) is 0 Å². The SMILES string of the molecule is CCc1cccc(C(C)C)c1N=C1C(=Nc2c(CC)cccc2C(C)C)c2cccc3cccc1c23.[Br][Ni][Br]. The van der Waals surface area contributed by atoms with Crippen LogP contribution in [-0.2, 0) is 23.7 Å². The Hall–Kier alpha value is -2.07. The van der Waals surface area contributed by atoms with Gasteiger partial charge in [-0.2, -0.15) is 0 Å². The number of para-hydroxylation sites is 2. The monoisotopic (exact) mass is 688 g/mol. The van der Waals surface area contributed by atoms with Crippen LogP contribution in [-0.4, -0.2) is 11.4 Å². The van der Waals surface area contributed by atoms with Crippen LogP contribution in [0.15, 0.2) is 82.8 Å². The average molecular weight is 691 g/mol. The molecule has 0 unspecified atom stereocenters. The molecule has 0 aromatic heterocycles. The van der Waals surface area contributed by atoms with Crippen LogP contribution in [0.2, 0.25) is 0 Å². The first-order chi connectivity index (χ1) is 18.9. The van der Waals surface area contributed by atoms with E-state index in [1.165, 1.54) is 55.1 Å². The summed E-state index contributed by atoms with van der Waals surface area (Å²) in [6, 6.07) is 26.3. The van der Waals surface area contributed by atoms with E-state index in [1.54, 1.807) is 0 Å². The second-order valence-corrected chi connectivity index (χ2v) is 15.4. The van der Waals surface area contributed by atoms with E-state index in [1.807, 2.05) is 0 Å². The third-order valence-electron chi connectivity index (χ3n) is 7.39. The van der Waals surface area contributed by atoms with E-state index in [0.717, 1.165) is 35.6 Å². The molecule has 0 saturated carbocycles. The van der Waals surface area contributed by atoms with Crippen LogP contribution < -0.4 is 0 Å². The molecule has 0 heterocycles. The minimum absolute atomic E-state index is 0.393. The van der Waals surface area contributed by atoms with Crippen LogP contribution in [0, 0.1) is 0 Å². The number of aliphatic imine (C=N–C) groups is 2. The van der Waals surface area contributed by atoms with Gasteiger partial charge in [0, 0.05) is 16.5 Å². The quantitative estimate of drug-likeness (QED) is 0.180. The van der Waals surface area contributed by atoms with Crippen LogP contribution in [0.3, 0.4) is 0 Å². The molecule has 0 N–H and O–H groups in total. The summed E-state index contributed by atoms with van der Waals surface area (Å²) in [5.41, 5.74) is 11.7. The van der Waals surface area contributed by atoms with Gasteiger partial charge in [0.05, 0.1) is 22.8 Å². The van der Waals surface area contributed by atoms with Crippen LogP contribution in [0.4, 0.5) is 11.4 Å². The predicted molar refractivity (Wildman–Crippen MR) is 174 cm³/mol. The van der Waals surface area contributed by atoms with Gasteiger partial charge in [-0.25, -0.2) is 9.98 Å². The molecule has 0 atom stereocenters. The normalized spacial score (nSPS) is 14.6. The number of halogens is 2. The summed E-state index contributed by atoms with van der Waals surface area (Å²) in [6.07, 6.45) is 1.90. The number of hydrogen-bond acceptors (Lipinski definition) is 2. The van der Waals surface area contributed by atoms with E-state index < -0.39 is 0 Å². The maximum absolute atomic E-state index is 5.48. The molecule has 0 saturated heterocycles. The molecule has 5 rings (SSSR count). The third-order valence-corrected chi connectivity index (χ3v) is 7.39. The van der Waals surface area contributed by atoms with E-state index in [9.17, 15) is 0 Å². The minimum atomic E-state index is 0.393. The van der Waals surface area contributed by atoms with Crippen molar-refractivity contribution in [2.45, 2.75) is 66.2 Å². The van der Waals surface area contributed by atoms with Crippen molar-refractivity contribution in [1.82, 2.24) is 0 Å². The molecular weight excluding hydrogens is 655 g/mol. The fourth-order valence-electron chi connectivity index (χ4n) is 5.44. The molecule has 39 heavy (non-hydrogen) atoms. The van der Waals surface area contributed by atoms with Crippen molar-refractivity contribution < 1.29 is 10.9 Å². The van der Waals surface area contributed by atoms with Crippen LogP contribution >= 0.6 is 28.5 Å². The first-order valence-electron chi connectivity index (χ1n) is 13.6. The fourth-order valence-corrected chi connectivity index (χ4v) is 5.44. The molecule has 4 aromatic carbocycles. The number of benzene rings is 4. The first kappa shape index (κ1) is 29.9. The zero-order chi connectivity index (χ0) is 28.1. The molecule has 5 heteroatoms. The fraction of sp³-hybridized carbons (Fsp3) is 0.294. The topological polar surface area (TPSA) is 24.7 Å². The van der Waals surface area contributed by atoms with Crippen molar-refractivity contribution in [3.63, 3.8) is 0 Å². The van der Waals surface area contributed by atoms with Crippen molar-refractivity contribution in [1.29, 1.82) is 0 Å². The Bertz CT molecular complexity index is 1430. The van der Waals surface area contributed by atoms with Crippen molar-refractivity contribution in [2.75, 3.05) is 0 Å². The molecule has 1 aliphatic carbocycles. The van der Waals surface area contributed by atoms with E-state index >= 15 is 0 Å². The molecule has 0 bridgehead atoms. The molecular formula is C34H36Br2N2Ni. The number of hydrogen-bond donors (Lipinski definition) is 0. The first-order valence-corrected chi connectivity index (χ1v) is 18.5. The Morgan fingerprint density at radius 2 is 1.00 bits per heavy atom. The van der Waals surface area contributed by atoms with E-state index in [-0.39, 0.29) is 0 Å². The Morgan fingerprint density at radius 1 is 0.615 bits per heavy atom. The van der Waals surface area contributed by atoms with Gasteiger partial charge in [-0.3, -0.25) is 0 Å². The van der Waals surface area contributed by atoms with Crippen molar-refractivity contribution >= 4 is 62.0 Å². The number of nitrogens with zero attached hydrogens (tertiary/aromatic N) is 2. The maximum atomic E-state index is 5.48. The van der Waals surface area contributed by atoms with E-state index in [4.69, 9.17) is 9.98 Å². The molecule has 0 spiro atoms. The molecule has 2 nitrogen and oxygen atoms in total. The second kappa shape index (κ2) is 13.5. The molecule has 0 radical (unpaired) electrons. The Labute approximate surface area is 253 Å². The summed E-state index contributed by atoms with van der Waals surface area (Å²) in [4.78, 5) is 11.0. The van der Waals surface area contributed by atoms with Gasteiger partial charge in [-0.1, -0.05) is 114 Å². The van der Waals surface area contributed by atoms with Gasteiger partial charge >= 0.3 is 39.3 Å². The van der Waals surface area contributed by atoms with Gasteiger partial charge in [0.25, 0.3) is 0 Å². The summed E-state index contributed by atoms with van der Waals surface area (Å²) in [5, 5.41) is 2.50. The average Bonchev–Trinajstić information content (AvgIpc) is 3.23. The zero-order valence-corrected chi connectivity index (χ0v) is 27.6. The molecule has 0 fully saturated rings. The van der Waals surface area contributed by atoms with Crippen LogP contribution in [0.1, 0.15) is 86.8 Å². The van der Waals surface area contributed by atoms with Gasteiger partial charge in [-0.05, 0) is 52.3 Å². The summed E-state index contributed by atoms with van der Waals surface area (Å²) < 4.78 is 0. The molecule has 4 aromatic rings. The zero-order valence-electron chi connectivity index (χ0n) is 23.5. The summed E-state index contributed by atoms with van der Waals surface area (Å²) >= 11 is 6.00. The van der Waals surface area contributed by atoms with Gasteiger partial charge in [0.2, 0.25) is 0 Å². The van der Waals surface area contributed by atoms with Crippen LogP contribution in [0.5, 0.6) is 0 Å². The van der Waals surface area contributed by atoms with Crippen molar-refractivity contribution in [3.05, 3.63) is 106 Å². The second-order valence-electron chi connectivity index (χ2n) is 10.4. The predicted octanol–water partition coefficient (Wildman–Crippen LogP) is 11.2. The van der Waals surface area contributed by atoms with E-state index in [2.05, 4.69) is 143 Å². The third kappa shape index (κ3) is 6.16. The van der Waals surface area contributed by atoms with Crippen molar-refractivity contribution in [2.24, 2.45) is 9.98 Å². The summed E-state index contributed by atoms with van der Waals surface area (Å²) in [5.74, 6) is 0.786. The molecule has 0 aliphatic heterocycles. The summed E-state index contributed by atoms with van der Waals surface area (Å²) in [6.45, 7) is 13.4. The molecule has 206 valence electrons. The van der Waals surface area contributed by atoms with Crippen LogP contribution in [0.25, 0.3) is 10.8 Å². The molecule has 0 amide bonds. The standard InChI is InChI=1S/C34H36N2.2BrH.Ni/c1-7-23-13-9-17-26(21(3)4)31(23)35-33-28-19-11-15-25-16-12-20-29(30(25)28)34(33)36-32-24(8-2)14-10-18-27(32)22(5)6;;;/h9-22H,7-8H2,1-6H3;2*1H;/q;;;+2/p-2. The Balaban J connectivity index is 0.00000112. The number of rotatable bonds is 6. The Morgan fingerprint density at radius 3 is 1.36 bits per heavy atom. The van der Waals surface area contributed by atoms with Gasteiger partial charge < -0.3 is 0 Å². The van der Waals surface area contributed by atoms with Gasteiger partial charge in [0.1, 0.15) is 0 Å². The van der Waals surface area contributed by atoms with Gasteiger partial charge in [0.15, 0.2) is 0 Å². The van der Waals surface area contributed by atoms with E-state index in [0.29, 0.717) is 11.8 Å².